The van der Waals surface area contributed by atoms with E-state index in [-0.39, 0.29) is 17.5 Å². The minimum atomic E-state index is -0.280. The SMILES string of the molecule is O=C(NCCc1ccc(F)cc1)c1cn(Cc2cccc(F)c2)c2ccccc12. The van der Waals surface area contributed by atoms with E-state index in [2.05, 4.69) is 5.32 Å². The molecule has 1 heterocycles. The third-order valence-corrected chi connectivity index (χ3v) is 4.89. The summed E-state index contributed by atoms with van der Waals surface area (Å²) in [5, 5.41) is 3.78. The topological polar surface area (TPSA) is 34.0 Å². The molecule has 0 saturated carbocycles. The molecule has 1 amide bonds. The summed E-state index contributed by atoms with van der Waals surface area (Å²) < 4.78 is 28.5. The maximum Gasteiger partial charge on any atom is 0.253 e. The van der Waals surface area contributed by atoms with E-state index in [1.165, 1.54) is 24.3 Å². The lowest BCUT2D eigenvalue weighted by molar-refractivity contribution is 0.0955. The van der Waals surface area contributed by atoms with Crippen molar-refractivity contribution in [3.63, 3.8) is 0 Å². The van der Waals surface area contributed by atoms with Crippen LogP contribution in [-0.4, -0.2) is 17.0 Å². The van der Waals surface area contributed by atoms with Crippen LogP contribution in [0.1, 0.15) is 21.5 Å². The van der Waals surface area contributed by atoms with Crippen LogP contribution >= 0.6 is 0 Å². The smallest absolute Gasteiger partial charge is 0.253 e. The largest absolute Gasteiger partial charge is 0.352 e. The average Bonchev–Trinajstić information content (AvgIpc) is 3.08. The van der Waals surface area contributed by atoms with Gasteiger partial charge in [-0.1, -0.05) is 42.5 Å². The van der Waals surface area contributed by atoms with Crippen LogP contribution in [-0.2, 0) is 13.0 Å². The molecule has 0 aliphatic rings. The van der Waals surface area contributed by atoms with Gasteiger partial charge in [0.25, 0.3) is 5.91 Å². The van der Waals surface area contributed by atoms with Crippen LogP contribution in [0.5, 0.6) is 0 Å². The summed E-state index contributed by atoms with van der Waals surface area (Å²) in [5.41, 5.74) is 3.28. The van der Waals surface area contributed by atoms with Gasteiger partial charge in [0.05, 0.1) is 5.56 Å². The van der Waals surface area contributed by atoms with Crippen molar-refractivity contribution in [2.75, 3.05) is 6.54 Å². The molecule has 0 spiro atoms. The zero-order valence-electron chi connectivity index (χ0n) is 15.7. The number of carbonyl (C=O) groups excluding carboxylic acids is 1. The normalized spacial score (nSPS) is 11.0. The Balaban J connectivity index is 1.52. The Labute approximate surface area is 167 Å². The number of fused-ring (bicyclic) bond motifs is 1. The van der Waals surface area contributed by atoms with E-state index >= 15 is 0 Å². The van der Waals surface area contributed by atoms with Crippen molar-refractivity contribution < 1.29 is 13.6 Å². The third kappa shape index (κ3) is 4.35. The number of nitrogens with one attached hydrogen (secondary N) is 1. The number of rotatable bonds is 6. The summed E-state index contributed by atoms with van der Waals surface area (Å²) in [7, 11) is 0. The van der Waals surface area contributed by atoms with Gasteiger partial charge in [0.15, 0.2) is 0 Å². The van der Waals surface area contributed by atoms with Crippen LogP contribution in [0.25, 0.3) is 10.9 Å². The maximum absolute atomic E-state index is 13.5. The van der Waals surface area contributed by atoms with Crippen molar-refractivity contribution in [1.82, 2.24) is 9.88 Å². The molecule has 0 bridgehead atoms. The van der Waals surface area contributed by atoms with Crippen LogP contribution in [0.4, 0.5) is 8.78 Å². The fourth-order valence-corrected chi connectivity index (χ4v) is 3.46. The zero-order chi connectivity index (χ0) is 20.2. The summed E-state index contributed by atoms with van der Waals surface area (Å²) >= 11 is 0. The van der Waals surface area contributed by atoms with Gasteiger partial charge in [-0.2, -0.15) is 0 Å². The number of halogens is 2. The first kappa shape index (κ1) is 18.9. The summed E-state index contributed by atoms with van der Waals surface area (Å²) in [6, 6.07) is 20.4. The van der Waals surface area contributed by atoms with E-state index in [0.29, 0.717) is 25.1 Å². The van der Waals surface area contributed by atoms with Crippen molar-refractivity contribution in [3.8, 4) is 0 Å². The van der Waals surface area contributed by atoms with E-state index < -0.39 is 0 Å². The number of amides is 1. The highest BCUT2D eigenvalue weighted by atomic mass is 19.1. The molecule has 5 heteroatoms. The van der Waals surface area contributed by atoms with Gasteiger partial charge in [0.1, 0.15) is 11.6 Å². The quantitative estimate of drug-likeness (QED) is 0.497. The Morgan fingerprint density at radius 1 is 0.862 bits per heavy atom. The maximum atomic E-state index is 13.5. The second kappa shape index (κ2) is 8.27. The average molecular weight is 390 g/mol. The van der Waals surface area contributed by atoms with Gasteiger partial charge in [-0.3, -0.25) is 4.79 Å². The molecule has 3 nitrogen and oxygen atoms in total. The van der Waals surface area contributed by atoms with Crippen molar-refractivity contribution >= 4 is 16.8 Å². The van der Waals surface area contributed by atoms with Crippen LogP contribution in [0.3, 0.4) is 0 Å². The highest BCUT2D eigenvalue weighted by Crippen LogP contribution is 2.22. The van der Waals surface area contributed by atoms with Crippen LogP contribution in [0.15, 0.2) is 79.0 Å². The van der Waals surface area contributed by atoms with Gasteiger partial charge < -0.3 is 9.88 Å². The molecule has 0 saturated heterocycles. The minimum absolute atomic E-state index is 0.165. The monoisotopic (exact) mass is 390 g/mol. The third-order valence-electron chi connectivity index (χ3n) is 4.89. The molecule has 0 atom stereocenters. The molecule has 0 aliphatic carbocycles. The fraction of sp³-hybridized carbons (Fsp3) is 0.125. The molecule has 146 valence electrons. The van der Waals surface area contributed by atoms with Crippen LogP contribution < -0.4 is 5.32 Å². The van der Waals surface area contributed by atoms with Gasteiger partial charge >= 0.3 is 0 Å². The van der Waals surface area contributed by atoms with Crippen molar-refractivity contribution in [3.05, 3.63) is 107 Å². The summed E-state index contributed by atoms with van der Waals surface area (Å²) in [4.78, 5) is 12.8. The van der Waals surface area contributed by atoms with Crippen molar-refractivity contribution in [2.45, 2.75) is 13.0 Å². The van der Waals surface area contributed by atoms with Gasteiger partial charge in [-0.05, 0) is 47.9 Å². The summed E-state index contributed by atoms with van der Waals surface area (Å²) in [6.07, 6.45) is 2.43. The minimum Gasteiger partial charge on any atom is -0.352 e. The molecular formula is C24H20F2N2O. The number of nitrogens with zero attached hydrogens (tertiary/aromatic N) is 1. The molecular weight excluding hydrogens is 370 g/mol. The second-order valence-electron chi connectivity index (χ2n) is 6.95. The first-order valence-electron chi connectivity index (χ1n) is 9.45. The van der Waals surface area contributed by atoms with E-state index in [4.69, 9.17) is 0 Å². The molecule has 0 aliphatic heterocycles. The number of benzene rings is 3. The lowest BCUT2D eigenvalue weighted by Gasteiger charge is -2.05. The fourth-order valence-electron chi connectivity index (χ4n) is 3.46. The summed E-state index contributed by atoms with van der Waals surface area (Å²) in [5.74, 6) is -0.720. The predicted molar refractivity (Wildman–Crippen MR) is 110 cm³/mol. The van der Waals surface area contributed by atoms with Gasteiger partial charge in [-0.25, -0.2) is 8.78 Å². The molecule has 0 fully saturated rings. The van der Waals surface area contributed by atoms with Gasteiger partial charge in [0, 0.05) is 30.2 Å². The Hall–Kier alpha value is -3.47. The highest BCUT2D eigenvalue weighted by Gasteiger charge is 2.15. The molecule has 1 aromatic heterocycles. The number of hydrogen-bond donors (Lipinski definition) is 1. The number of hydrogen-bond acceptors (Lipinski definition) is 1. The van der Waals surface area contributed by atoms with E-state index in [9.17, 15) is 13.6 Å². The molecule has 29 heavy (non-hydrogen) atoms. The Kier molecular flexibility index (Phi) is 5.38. The first-order chi connectivity index (χ1) is 14.1. The highest BCUT2D eigenvalue weighted by molar-refractivity contribution is 6.07. The van der Waals surface area contributed by atoms with Gasteiger partial charge in [0.2, 0.25) is 0 Å². The lowest BCUT2D eigenvalue weighted by Crippen LogP contribution is -2.25. The Morgan fingerprint density at radius 3 is 2.45 bits per heavy atom. The molecule has 4 aromatic rings. The van der Waals surface area contributed by atoms with E-state index in [1.54, 1.807) is 18.2 Å². The standard InChI is InChI=1S/C24H20F2N2O/c25-19-10-8-17(9-11-19)12-13-27-24(29)22-16-28(23-7-2-1-6-21(22)23)15-18-4-3-5-20(26)14-18/h1-11,14,16H,12-13,15H2,(H,27,29). The van der Waals surface area contributed by atoms with Crippen molar-refractivity contribution in [2.24, 2.45) is 0 Å². The van der Waals surface area contributed by atoms with Crippen molar-refractivity contribution in [1.29, 1.82) is 0 Å². The van der Waals surface area contributed by atoms with Crippen LogP contribution in [0, 0.1) is 11.6 Å². The van der Waals surface area contributed by atoms with E-state index in [0.717, 1.165) is 22.0 Å². The molecule has 1 N–H and O–H groups in total. The number of aromatic nitrogens is 1. The number of carbonyl (C=O) groups is 1. The molecule has 0 radical (unpaired) electrons. The van der Waals surface area contributed by atoms with Gasteiger partial charge in [-0.15, -0.1) is 0 Å². The van der Waals surface area contributed by atoms with E-state index in [1.807, 2.05) is 41.1 Å². The Morgan fingerprint density at radius 2 is 1.66 bits per heavy atom. The molecule has 0 unspecified atom stereocenters. The summed E-state index contributed by atoms with van der Waals surface area (Å²) in [6.45, 7) is 0.926. The zero-order valence-corrected chi connectivity index (χ0v) is 15.7. The predicted octanol–water partition coefficient (Wildman–Crippen LogP) is 4.94. The molecule has 4 rings (SSSR count). The van der Waals surface area contributed by atoms with Crippen LogP contribution in [0.2, 0.25) is 0 Å². The number of para-hydroxylation sites is 1. The lowest BCUT2D eigenvalue weighted by atomic mass is 10.1. The second-order valence-corrected chi connectivity index (χ2v) is 6.95. The Bertz CT molecular complexity index is 1150. The molecule has 3 aromatic carbocycles. The first-order valence-corrected chi connectivity index (χ1v) is 9.45.